The number of rotatable bonds is 0. The van der Waals surface area contributed by atoms with Crippen molar-refractivity contribution in [3.05, 3.63) is 48.6 Å². The highest BCUT2D eigenvalue weighted by atomic mass is 14.8. The third kappa shape index (κ3) is 1.66. The zero-order chi connectivity index (χ0) is 17.4. The van der Waals surface area contributed by atoms with E-state index in [0.717, 1.165) is 29.6 Å². The molecule has 0 bridgehead atoms. The second-order valence-corrected chi connectivity index (χ2v) is 10.3. The molecule has 25 heavy (non-hydrogen) atoms. The lowest BCUT2D eigenvalue weighted by Gasteiger charge is -2.67. The van der Waals surface area contributed by atoms with Crippen molar-refractivity contribution in [3.63, 3.8) is 0 Å². The van der Waals surface area contributed by atoms with Crippen LogP contribution >= 0.6 is 0 Å². The predicted octanol–water partition coefficient (Wildman–Crippen LogP) is 6.58. The molecule has 0 aromatic heterocycles. The maximum absolute atomic E-state index is 2.69. The van der Waals surface area contributed by atoms with E-state index in [1.165, 1.54) is 25.7 Å². The van der Waals surface area contributed by atoms with Crippen molar-refractivity contribution in [1.82, 2.24) is 0 Å². The van der Waals surface area contributed by atoms with Crippen LogP contribution < -0.4 is 0 Å². The van der Waals surface area contributed by atoms with Gasteiger partial charge in [0.1, 0.15) is 0 Å². The molecule has 0 radical (unpaired) electrons. The molecule has 3 fully saturated rings. The summed E-state index contributed by atoms with van der Waals surface area (Å²) in [6, 6.07) is 0. The minimum absolute atomic E-state index is 0.223. The molecule has 0 spiro atoms. The summed E-state index contributed by atoms with van der Waals surface area (Å²) in [5.41, 5.74) is 0.854. The van der Waals surface area contributed by atoms with Crippen LogP contribution in [0.4, 0.5) is 0 Å². The van der Waals surface area contributed by atoms with Crippen LogP contribution in [0.5, 0.6) is 0 Å². The third-order valence-electron chi connectivity index (χ3n) is 10.1. The zero-order valence-electron chi connectivity index (χ0n) is 16.4. The Morgan fingerprint density at radius 2 is 1.48 bits per heavy atom. The molecule has 0 aliphatic heterocycles. The summed E-state index contributed by atoms with van der Waals surface area (Å²) in [5.74, 6) is 4.92. The lowest BCUT2D eigenvalue weighted by Crippen LogP contribution is -2.62. The molecule has 5 aliphatic rings. The molecule has 0 amide bonds. The number of allylic oxidation sites excluding steroid dienone is 8. The molecule has 134 valence electrons. The van der Waals surface area contributed by atoms with Crippen molar-refractivity contribution in [3.8, 4) is 0 Å². The first-order valence-corrected chi connectivity index (χ1v) is 10.7. The molecule has 9 unspecified atom stereocenters. The van der Waals surface area contributed by atoms with Gasteiger partial charge in [0.15, 0.2) is 0 Å². The van der Waals surface area contributed by atoms with E-state index in [4.69, 9.17) is 0 Å². The fourth-order valence-electron chi connectivity index (χ4n) is 8.59. The lowest BCUT2D eigenvalue weighted by molar-refractivity contribution is -0.139. The molecule has 5 aliphatic carbocycles. The maximum atomic E-state index is 2.69. The largest absolute Gasteiger partial charge is 0.0805 e. The second kappa shape index (κ2) is 5.02. The number of hydrogen-bond acceptors (Lipinski definition) is 0. The maximum Gasteiger partial charge on any atom is 0.00189 e. The first-order valence-electron chi connectivity index (χ1n) is 10.7. The van der Waals surface area contributed by atoms with Crippen molar-refractivity contribution in [2.75, 3.05) is 0 Å². The van der Waals surface area contributed by atoms with E-state index >= 15 is 0 Å². The van der Waals surface area contributed by atoms with Gasteiger partial charge < -0.3 is 0 Å². The fraction of sp³-hybridized carbons (Fsp3) is 0.680. The van der Waals surface area contributed by atoms with Gasteiger partial charge in [-0.1, -0.05) is 89.1 Å². The topological polar surface area (TPSA) is 0 Å². The fourth-order valence-corrected chi connectivity index (χ4v) is 8.59. The Kier molecular flexibility index (Phi) is 3.24. The van der Waals surface area contributed by atoms with E-state index in [-0.39, 0.29) is 10.8 Å². The minimum Gasteiger partial charge on any atom is -0.0805 e. The highest BCUT2D eigenvalue weighted by Crippen LogP contribution is 2.77. The normalized spacial score (nSPS) is 58.4. The van der Waals surface area contributed by atoms with Crippen LogP contribution in [0.15, 0.2) is 48.6 Å². The zero-order valence-corrected chi connectivity index (χ0v) is 16.4. The predicted molar refractivity (Wildman–Crippen MR) is 106 cm³/mol. The second-order valence-electron chi connectivity index (χ2n) is 10.3. The molecule has 5 rings (SSSR count). The third-order valence-corrected chi connectivity index (χ3v) is 10.1. The average Bonchev–Trinajstić information content (AvgIpc) is 2.87. The van der Waals surface area contributed by atoms with Gasteiger partial charge in [-0.25, -0.2) is 0 Å². The lowest BCUT2D eigenvalue weighted by atomic mass is 9.36. The van der Waals surface area contributed by atoms with E-state index in [0.29, 0.717) is 11.3 Å². The van der Waals surface area contributed by atoms with Gasteiger partial charge in [0.05, 0.1) is 0 Å². The highest BCUT2D eigenvalue weighted by molar-refractivity contribution is 5.38. The highest BCUT2D eigenvalue weighted by Gasteiger charge is 2.72. The number of hydrogen-bond donors (Lipinski definition) is 0. The molecular weight excluding hydrogens is 300 g/mol. The van der Waals surface area contributed by atoms with Gasteiger partial charge in [-0.2, -0.15) is 0 Å². The summed E-state index contributed by atoms with van der Waals surface area (Å²) in [6.45, 7) is 10.5. The summed E-state index contributed by atoms with van der Waals surface area (Å²) in [7, 11) is 0. The summed E-state index contributed by atoms with van der Waals surface area (Å²) >= 11 is 0. The van der Waals surface area contributed by atoms with E-state index in [1.54, 1.807) is 0 Å². The molecule has 0 aromatic rings. The van der Waals surface area contributed by atoms with Gasteiger partial charge in [-0.3, -0.25) is 0 Å². The SMILES string of the molecule is CC1C2CCCCC2C2C3C=CC=CC3C3(C)C=CC=CC3(C)C12C. The molecule has 0 heterocycles. The van der Waals surface area contributed by atoms with E-state index in [1.807, 2.05) is 0 Å². The quantitative estimate of drug-likeness (QED) is 0.469. The summed E-state index contributed by atoms with van der Waals surface area (Å²) < 4.78 is 0. The number of fused-ring (bicyclic) bond motifs is 8. The smallest absolute Gasteiger partial charge is 0.00189 e. The standard InChI is InChI=1S/C25H34/c1-17-18-11-5-6-12-19(18)22-20-13-7-8-14-21(20)23(2)15-9-10-16-24(23,3)25(17,22)4/h7-10,13-22H,5-6,11-12H2,1-4H3. The Bertz CT molecular complexity index is 693. The van der Waals surface area contributed by atoms with Crippen molar-refractivity contribution < 1.29 is 0 Å². The molecule has 3 saturated carbocycles. The average molecular weight is 335 g/mol. The first-order chi connectivity index (χ1) is 12.0. The molecule has 0 N–H and O–H groups in total. The van der Waals surface area contributed by atoms with Crippen LogP contribution in [0.1, 0.15) is 53.4 Å². The summed E-state index contributed by atoms with van der Waals surface area (Å²) in [6.07, 6.45) is 25.5. The molecule has 0 aromatic carbocycles. The Morgan fingerprint density at radius 1 is 0.800 bits per heavy atom. The van der Waals surface area contributed by atoms with Gasteiger partial charge in [0.25, 0.3) is 0 Å². The van der Waals surface area contributed by atoms with Crippen LogP contribution in [-0.4, -0.2) is 0 Å². The van der Waals surface area contributed by atoms with Gasteiger partial charge >= 0.3 is 0 Å². The van der Waals surface area contributed by atoms with E-state index < -0.39 is 0 Å². The molecular formula is C25H34. The van der Waals surface area contributed by atoms with Gasteiger partial charge in [-0.05, 0) is 53.8 Å². The van der Waals surface area contributed by atoms with Crippen LogP contribution in [0.3, 0.4) is 0 Å². The van der Waals surface area contributed by atoms with Crippen LogP contribution in [0.2, 0.25) is 0 Å². The minimum atomic E-state index is 0.223. The van der Waals surface area contributed by atoms with Gasteiger partial charge in [-0.15, -0.1) is 0 Å². The van der Waals surface area contributed by atoms with E-state index in [2.05, 4.69) is 76.3 Å². The Morgan fingerprint density at radius 3 is 2.28 bits per heavy atom. The van der Waals surface area contributed by atoms with Crippen LogP contribution in [-0.2, 0) is 0 Å². The molecule has 0 heteroatoms. The van der Waals surface area contributed by atoms with Crippen molar-refractivity contribution >= 4 is 0 Å². The van der Waals surface area contributed by atoms with Gasteiger partial charge in [0, 0.05) is 10.8 Å². The van der Waals surface area contributed by atoms with Crippen molar-refractivity contribution in [1.29, 1.82) is 0 Å². The van der Waals surface area contributed by atoms with Crippen LogP contribution in [0.25, 0.3) is 0 Å². The van der Waals surface area contributed by atoms with E-state index in [9.17, 15) is 0 Å². The Balaban J connectivity index is 1.75. The van der Waals surface area contributed by atoms with Crippen molar-refractivity contribution in [2.24, 2.45) is 51.8 Å². The molecule has 0 saturated heterocycles. The summed E-state index contributed by atoms with van der Waals surface area (Å²) in [4.78, 5) is 0. The van der Waals surface area contributed by atoms with Crippen molar-refractivity contribution in [2.45, 2.75) is 53.4 Å². The molecule has 9 atom stereocenters. The van der Waals surface area contributed by atoms with Gasteiger partial charge in [0.2, 0.25) is 0 Å². The molecule has 0 nitrogen and oxygen atoms in total. The summed E-state index contributed by atoms with van der Waals surface area (Å²) in [5, 5.41) is 0. The van der Waals surface area contributed by atoms with Crippen LogP contribution in [0, 0.1) is 51.8 Å². The Labute approximate surface area is 154 Å². The first kappa shape index (κ1) is 16.2. The Hall–Kier alpha value is -1.04. The monoisotopic (exact) mass is 334 g/mol.